The molecule has 0 saturated carbocycles. The number of hydrogen-bond donors (Lipinski definition) is 1. The van der Waals surface area contributed by atoms with E-state index in [1.165, 1.54) is 25.1 Å². The van der Waals surface area contributed by atoms with Crippen LogP contribution in [0.25, 0.3) is 0 Å². The first kappa shape index (κ1) is 20.7. The van der Waals surface area contributed by atoms with Crippen molar-refractivity contribution in [3.63, 3.8) is 0 Å². The van der Waals surface area contributed by atoms with Gasteiger partial charge in [-0.25, -0.2) is 12.8 Å². The Kier molecular flexibility index (Phi) is 6.43. The van der Waals surface area contributed by atoms with Crippen molar-refractivity contribution in [2.24, 2.45) is 0 Å². The monoisotopic (exact) mass is 394 g/mol. The number of benzene rings is 2. The van der Waals surface area contributed by atoms with Crippen LogP contribution in [0.2, 0.25) is 0 Å². The lowest BCUT2D eigenvalue weighted by Crippen LogP contribution is -2.48. The van der Waals surface area contributed by atoms with Gasteiger partial charge in [0.05, 0.1) is 25.1 Å². The fraction of sp³-hybridized carbons (Fsp3) is 0.316. The van der Waals surface area contributed by atoms with E-state index in [1.807, 2.05) is 0 Å². The molecule has 2 rings (SSSR count). The van der Waals surface area contributed by atoms with Crippen LogP contribution in [0.4, 0.5) is 10.1 Å². The van der Waals surface area contributed by atoms with E-state index in [1.54, 1.807) is 38.3 Å². The SMILES string of the molecule is COc1ccc(C(C)NC(=O)C(C)N(c2ccccc2F)S(C)(=O)=O)cc1. The maximum atomic E-state index is 14.1. The van der Waals surface area contributed by atoms with Gasteiger partial charge in [0, 0.05) is 0 Å². The van der Waals surface area contributed by atoms with Gasteiger partial charge in [0.15, 0.2) is 0 Å². The lowest BCUT2D eigenvalue weighted by atomic mass is 10.1. The van der Waals surface area contributed by atoms with Gasteiger partial charge in [-0.3, -0.25) is 9.10 Å². The molecule has 1 N–H and O–H groups in total. The molecule has 1 amide bonds. The highest BCUT2D eigenvalue weighted by Crippen LogP contribution is 2.25. The Hall–Kier alpha value is -2.61. The summed E-state index contributed by atoms with van der Waals surface area (Å²) in [7, 11) is -2.32. The molecule has 0 aliphatic heterocycles. The van der Waals surface area contributed by atoms with Crippen LogP contribution in [0.3, 0.4) is 0 Å². The van der Waals surface area contributed by atoms with Crippen molar-refractivity contribution in [1.82, 2.24) is 5.32 Å². The van der Waals surface area contributed by atoms with Gasteiger partial charge in [-0.15, -0.1) is 0 Å². The second-order valence-corrected chi connectivity index (χ2v) is 8.05. The van der Waals surface area contributed by atoms with Gasteiger partial charge in [-0.05, 0) is 43.7 Å². The number of ether oxygens (including phenoxy) is 1. The lowest BCUT2D eigenvalue weighted by Gasteiger charge is -2.29. The second-order valence-electron chi connectivity index (χ2n) is 6.19. The standard InChI is InChI=1S/C19H23FN2O4S/c1-13(15-9-11-16(26-3)12-10-15)21-19(23)14(2)22(27(4,24)25)18-8-6-5-7-17(18)20/h5-14H,1-4H3,(H,21,23). The zero-order valence-electron chi connectivity index (χ0n) is 15.6. The predicted octanol–water partition coefficient (Wildman–Crippen LogP) is 2.87. The molecule has 0 spiro atoms. The largest absolute Gasteiger partial charge is 0.497 e. The van der Waals surface area contributed by atoms with Crippen molar-refractivity contribution in [1.29, 1.82) is 0 Å². The number of carbonyl (C=O) groups is 1. The van der Waals surface area contributed by atoms with Gasteiger partial charge < -0.3 is 10.1 Å². The van der Waals surface area contributed by atoms with Crippen molar-refractivity contribution in [2.45, 2.75) is 25.9 Å². The topological polar surface area (TPSA) is 75.7 Å². The molecule has 0 bridgehead atoms. The van der Waals surface area contributed by atoms with E-state index in [4.69, 9.17) is 4.74 Å². The Morgan fingerprint density at radius 1 is 1.11 bits per heavy atom. The molecule has 0 heterocycles. The van der Waals surface area contributed by atoms with Crippen LogP contribution in [-0.4, -0.2) is 33.7 Å². The first-order chi connectivity index (χ1) is 12.6. The Morgan fingerprint density at radius 2 is 1.70 bits per heavy atom. The smallest absolute Gasteiger partial charge is 0.244 e. The zero-order valence-corrected chi connectivity index (χ0v) is 16.5. The lowest BCUT2D eigenvalue weighted by molar-refractivity contribution is -0.122. The van der Waals surface area contributed by atoms with Gasteiger partial charge in [-0.2, -0.15) is 0 Å². The number of anilines is 1. The van der Waals surface area contributed by atoms with Crippen LogP contribution < -0.4 is 14.4 Å². The molecule has 146 valence electrons. The van der Waals surface area contributed by atoms with E-state index in [-0.39, 0.29) is 11.7 Å². The van der Waals surface area contributed by atoms with Crippen LogP contribution in [0.1, 0.15) is 25.5 Å². The maximum absolute atomic E-state index is 14.1. The summed E-state index contributed by atoms with van der Waals surface area (Å²) in [5.41, 5.74) is 0.660. The van der Waals surface area contributed by atoms with Crippen molar-refractivity contribution in [3.8, 4) is 5.75 Å². The summed E-state index contributed by atoms with van der Waals surface area (Å²) >= 11 is 0. The second kappa shape index (κ2) is 8.39. The van der Waals surface area contributed by atoms with Crippen LogP contribution in [0, 0.1) is 5.82 Å². The molecule has 2 aromatic carbocycles. The molecule has 27 heavy (non-hydrogen) atoms. The van der Waals surface area contributed by atoms with Crippen molar-refractivity contribution < 1.29 is 22.3 Å². The molecule has 8 heteroatoms. The van der Waals surface area contributed by atoms with Crippen LogP contribution in [0.5, 0.6) is 5.75 Å². The van der Waals surface area contributed by atoms with Crippen LogP contribution in [0.15, 0.2) is 48.5 Å². The summed E-state index contributed by atoms with van der Waals surface area (Å²) in [5.74, 6) is -0.564. The summed E-state index contributed by atoms with van der Waals surface area (Å²) in [6.07, 6.45) is 0.941. The number of methoxy groups -OCH3 is 1. The minimum Gasteiger partial charge on any atom is -0.497 e. The summed E-state index contributed by atoms with van der Waals surface area (Å²) in [4.78, 5) is 12.7. The third-order valence-corrected chi connectivity index (χ3v) is 5.38. The Morgan fingerprint density at radius 3 is 2.22 bits per heavy atom. The first-order valence-electron chi connectivity index (χ1n) is 8.33. The number of hydrogen-bond acceptors (Lipinski definition) is 4. The number of carbonyl (C=O) groups excluding carboxylic acids is 1. The average Bonchev–Trinajstić information content (AvgIpc) is 2.62. The number of halogens is 1. The Bertz CT molecular complexity index is 900. The molecule has 0 saturated heterocycles. The number of nitrogens with one attached hydrogen (secondary N) is 1. The minimum absolute atomic E-state index is 0.167. The highest BCUT2D eigenvalue weighted by Gasteiger charge is 2.31. The minimum atomic E-state index is -3.88. The summed E-state index contributed by atoms with van der Waals surface area (Å²) in [5, 5.41) is 2.77. The zero-order chi connectivity index (χ0) is 20.2. The van der Waals surface area contributed by atoms with Crippen molar-refractivity contribution in [3.05, 3.63) is 59.9 Å². The Labute approximate surface area is 159 Å². The van der Waals surface area contributed by atoms with Gasteiger partial charge in [0.25, 0.3) is 0 Å². The fourth-order valence-corrected chi connectivity index (χ4v) is 3.90. The summed E-state index contributed by atoms with van der Waals surface area (Å²) in [6.45, 7) is 3.20. The summed E-state index contributed by atoms with van der Waals surface area (Å²) < 4.78 is 44.5. The van der Waals surface area contributed by atoms with Gasteiger partial charge in [0.2, 0.25) is 15.9 Å². The molecule has 0 aliphatic carbocycles. The van der Waals surface area contributed by atoms with Gasteiger partial charge >= 0.3 is 0 Å². The number of nitrogens with zero attached hydrogens (tertiary/aromatic N) is 1. The van der Waals surface area contributed by atoms with Gasteiger partial charge in [0.1, 0.15) is 17.6 Å². The first-order valence-corrected chi connectivity index (χ1v) is 10.2. The molecule has 2 unspecified atom stereocenters. The number of rotatable bonds is 7. The predicted molar refractivity (Wildman–Crippen MR) is 103 cm³/mol. The molecule has 0 aliphatic rings. The van der Waals surface area contributed by atoms with Crippen LogP contribution >= 0.6 is 0 Å². The van der Waals surface area contributed by atoms with Crippen molar-refractivity contribution >= 4 is 21.6 Å². The molecule has 0 fully saturated rings. The normalized spacial score (nSPS) is 13.5. The third kappa shape index (κ3) is 4.97. The molecular weight excluding hydrogens is 371 g/mol. The van der Waals surface area contributed by atoms with E-state index >= 15 is 0 Å². The molecule has 0 radical (unpaired) electrons. The van der Waals surface area contributed by atoms with E-state index < -0.39 is 27.8 Å². The maximum Gasteiger partial charge on any atom is 0.244 e. The fourth-order valence-electron chi connectivity index (χ4n) is 2.72. The van der Waals surface area contributed by atoms with Crippen LogP contribution in [-0.2, 0) is 14.8 Å². The van der Waals surface area contributed by atoms with E-state index in [9.17, 15) is 17.6 Å². The molecular formula is C19H23FN2O4S. The third-order valence-electron chi connectivity index (χ3n) is 4.15. The highest BCUT2D eigenvalue weighted by atomic mass is 32.2. The molecule has 2 aromatic rings. The number of sulfonamides is 1. The van der Waals surface area contributed by atoms with E-state index in [0.717, 1.165) is 22.2 Å². The van der Waals surface area contributed by atoms with Crippen molar-refractivity contribution in [2.75, 3.05) is 17.7 Å². The quantitative estimate of drug-likeness (QED) is 0.784. The summed E-state index contributed by atoms with van der Waals surface area (Å²) in [6, 6.07) is 11.1. The van der Waals surface area contributed by atoms with E-state index in [2.05, 4.69) is 5.32 Å². The molecule has 2 atom stereocenters. The molecule has 6 nitrogen and oxygen atoms in total. The van der Waals surface area contributed by atoms with E-state index in [0.29, 0.717) is 5.75 Å². The molecule has 0 aromatic heterocycles. The van der Waals surface area contributed by atoms with Gasteiger partial charge in [-0.1, -0.05) is 24.3 Å². The highest BCUT2D eigenvalue weighted by molar-refractivity contribution is 7.92. The Balaban J connectivity index is 2.23. The average molecular weight is 394 g/mol. The number of amides is 1. The number of para-hydroxylation sites is 1.